The standard InChI is InChI=1S/C21H26N2O3/c1-14-9-10-18(15(2)11-14)23-20(24)12-16(3)22-19(21(25)26)13-17-7-5-4-6-8-17/h4-11,16,19,22H,12-13H2,1-3H3,(H,23,24)(H,25,26)/t16?,19-/m0/s1. The molecule has 1 unspecified atom stereocenters. The van der Waals surface area contributed by atoms with E-state index in [4.69, 9.17) is 0 Å². The molecular formula is C21H26N2O3. The topological polar surface area (TPSA) is 78.4 Å². The number of hydrogen-bond acceptors (Lipinski definition) is 3. The van der Waals surface area contributed by atoms with Crippen molar-refractivity contribution in [2.24, 2.45) is 0 Å². The minimum atomic E-state index is -0.921. The van der Waals surface area contributed by atoms with Crippen molar-refractivity contribution in [3.05, 3.63) is 65.2 Å². The van der Waals surface area contributed by atoms with E-state index in [1.165, 1.54) is 0 Å². The Balaban J connectivity index is 1.91. The second kappa shape index (κ2) is 9.15. The van der Waals surface area contributed by atoms with Crippen LogP contribution in [0.15, 0.2) is 48.5 Å². The number of aryl methyl sites for hydroxylation is 2. The Bertz CT molecular complexity index is 759. The molecule has 0 fully saturated rings. The number of nitrogens with one attached hydrogen (secondary N) is 2. The summed E-state index contributed by atoms with van der Waals surface area (Å²) >= 11 is 0. The van der Waals surface area contributed by atoms with Crippen molar-refractivity contribution in [2.75, 3.05) is 5.32 Å². The molecule has 0 aliphatic heterocycles. The van der Waals surface area contributed by atoms with Crippen molar-refractivity contribution in [2.45, 2.75) is 45.7 Å². The Morgan fingerprint density at radius 3 is 2.38 bits per heavy atom. The molecule has 0 aliphatic rings. The number of carboxylic acids is 1. The SMILES string of the molecule is Cc1ccc(NC(=O)CC(C)N[C@@H](Cc2ccccc2)C(=O)O)c(C)c1. The molecule has 2 rings (SSSR count). The predicted octanol–water partition coefficient (Wildman–Crippen LogP) is 3.31. The van der Waals surface area contributed by atoms with Gasteiger partial charge < -0.3 is 15.7 Å². The van der Waals surface area contributed by atoms with Gasteiger partial charge in [-0.1, -0.05) is 48.0 Å². The highest BCUT2D eigenvalue weighted by atomic mass is 16.4. The van der Waals surface area contributed by atoms with E-state index in [9.17, 15) is 14.7 Å². The van der Waals surface area contributed by atoms with Crippen LogP contribution in [0.1, 0.15) is 30.0 Å². The average molecular weight is 354 g/mol. The van der Waals surface area contributed by atoms with Crippen LogP contribution in [0.2, 0.25) is 0 Å². The van der Waals surface area contributed by atoms with Gasteiger partial charge in [-0.15, -0.1) is 0 Å². The lowest BCUT2D eigenvalue weighted by Gasteiger charge is -2.20. The highest BCUT2D eigenvalue weighted by molar-refractivity contribution is 5.91. The lowest BCUT2D eigenvalue weighted by molar-refractivity contribution is -0.139. The monoisotopic (exact) mass is 354 g/mol. The molecule has 0 aromatic heterocycles. The lowest BCUT2D eigenvalue weighted by atomic mass is 10.0. The van der Waals surface area contributed by atoms with Gasteiger partial charge in [0, 0.05) is 18.2 Å². The first kappa shape index (κ1) is 19.7. The minimum Gasteiger partial charge on any atom is -0.480 e. The lowest BCUT2D eigenvalue weighted by Crippen LogP contribution is -2.44. The molecule has 0 saturated heterocycles. The van der Waals surface area contributed by atoms with Crippen molar-refractivity contribution in [1.29, 1.82) is 0 Å². The number of anilines is 1. The largest absolute Gasteiger partial charge is 0.480 e. The van der Waals surface area contributed by atoms with E-state index in [1.54, 1.807) is 0 Å². The molecule has 5 heteroatoms. The van der Waals surface area contributed by atoms with Crippen LogP contribution in [-0.4, -0.2) is 29.1 Å². The Kier molecular flexibility index (Phi) is 6.92. The fourth-order valence-electron chi connectivity index (χ4n) is 2.90. The molecule has 2 aromatic rings. The third-order valence-corrected chi connectivity index (χ3v) is 4.21. The number of hydrogen-bond donors (Lipinski definition) is 3. The summed E-state index contributed by atoms with van der Waals surface area (Å²) in [6.07, 6.45) is 0.574. The number of carbonyl (C=O) groups excluding carboxylic acids is 1. The third-order valence-electron chi connectivity index (χ3n) is 4.21. The fraction of sp³-hybridized carbons (Fsp3) is 0.333. The molecule has 138 valence electrons. The van der Waals surface area contributed by atoms with E-state index >= 15 is 0 Å². The van der Waals surface area contributed by atoms with Crippen molar-refractivity contribution >= 4 is 17.6 Å². The average Bonchev–Trinajstić information content (AvgIpc) is 2.57. The third kappa shape index (κ3) is 6.01. The van der Waals surface area contributed by atoms with Crippen LogP contribution >= 0.6 is 0 Å². The molecule has 5 nitrogen and oxygen atoms in total. The minimum absolute atomic E-state index is 0.138. The molecule has 0 spiro atoms. The van der Waals surface area contributed by atoms with Gasteiger partial charge in [-0.3, -0.25) is 9.59 Å². The molecule has 1 amide bonds. The fourth-order valence-corrected chi connectivity index (χ4v) is 2.90. The summed E-state index contributed by atoms with van der Waals surface area (Å²) in [6.45, 7) is 5.77. The van der Waals surface area contributed by atoms with Crippen molar-refractivity contribution in [3.63, 3.8) is 0 Å². The first-order valence-electron chi connectivity index (χ1n) is 8.75. The van der Waals surface area contributed by atoms with E-state index in [0.717, 1.165) is 22.4 Å². The van der Waals surface area contributed by atoms with Crippen molar-refractivity contribution in [3.8, 4) is 0 Å². The maximum Gasteiger partial charge on any atom is 0.321 e. The number of rotatable bonds is 8. The van der Waals surface area contributed by atoms with Gasteiger partial charge in [-0.2, -0.15) is 0 Å². The summed E-state index contributed by atoms with van der Waals surface area (Å²) in [5.74, 6) is -1.06. The van der Waals surface area contributed by atoms with Crippen LogP contribution < -0.4 is 10.6 Å². The predicted molar refractivity (Wildman–Crippen MR) is 103 cm³/mol. The molecule has 2 aromatic carbocycles. The van der Waals surface area contributed by atoms with E-state index < -0.39 is 12.0 Å². The van der Waals surface area contributed by atoms with Crippen LogP contribution in [-0.2, 0) is 16.0 Å². The number of carbonyl (C=O) groups is 2. The summed E-state index contributed by atoms with van der Waals surface area (Å²) in [5, 5.41) is 15.4. The van der Waals surface area contributed by atoms with Gasteiger partial charge in [0.15, 0.2) is 0 Å². The molecule has 0 bridgehead atoms. The molecule has 26 heavy (non-hydrogen) atoms. The molecule has 0 saturated carbocycles. The summed E-state index contributed by atoms with van der Waals surface area (Å²) in [7, 11) is 0. The Morgan fingerprint density at radius 2 is 1.77 bits per heavy atom. The van der Waals surface area contributed by atoms with E-state index in [-0.39, 0.29) is 18.4 Å². The van der Waals surface area contributed by atoms with E-state index in [0.29, 0.717) is 6.42 Å². The van der Waals surface area contributed by atoms with E-state index in [2.05, 4.69) is 10.6 Å². The normalized spacial score (nSPS) is 13.0. The molecule has 2 atom stereocenters. The van der Waals surface area contributed by atoms with Crippen molar-refractivity contribution < 1.29 is 14.7 Å². The zero-order valence-corrected chi connectivity index (χ0v) is 15.5. The summed E-state index contributed by atoms with van der Waals surface area (Å²) in [5.41, 5.74) is 3.87. The second-order valence-corrected chi connectivity index (χ2v) is 6.72. The molecular weight excluding hydrogens is 328 g/mol. The second-order valence-electron chi connectivity index (χ2n) is 6.72. The molecule has 3 N–H and O–H groups in total. The van der Waals surface area contributed by atoms with Crippen LogP contribution in [0.5, 0.6) is 0 Å². The maximum absolute atomic E-state index is 12.3. The zero-order chi connectivity index (χ0) is 19.1. The number of amides is 1. The molecule has 0 heterocycles. The van der Waals surface area contributed by atoms with E-state index in [1.807, 2.05) is 69.3 Å². The van der Waals surface area contributed by atoms with Gasteiger partial charge >= 0.3 is 5.97 Å². The highest BCUT2D eigenvalue weighted by Crippen LogP contribution is 2.16. The number of carboxylic acid groups (broad SMARTS) is 1. The van der Waals surface area contributed by atoms with Gasteiger partial charge in [0.2, 0.25) is 5.91 Å². The summed E-state index contributed by atoms with van der Waals surface area (Å²) in [6, 6.07) is 14.3. The van der Waals surface area contributed by atoms with Gasteiger partial charge in [-0.25, -0.2) is 0 Å². The molecule has 0 radical (unpaired) electrons. The van der Waals surface area contributed by atoms with Gasteiger partial charge in [0.1, 0.15) is 6.04 Å². The first-order valence-corrected chi connectivity index (χ1v) is 8.75. The smallest absolute Gasteiger partial charge is 0.321 e. The van der Waals surface area contributed by atoms with Gasteiger partial charge in [0.05, 0.1) is 0 Å². The number of benzene rings is 2. The van der Waals surface area contributed by atoms with Gasteiger partial charge in [-0.05, 0) is 44.4 Å². The van der Waals surface area contributed by atoms with Crippen LogP contribution in [0.4, 0.5) is 5.69 Å². The number of aliphatic carboxylic acids is 1. The first-order chi connectivity index (χ1) is 12.3. The van der Waals surface area contributed by atoms with Gasteiger partial charge in [0.25, 0.3) is 0 Å². The Hall–Kier alpha value is -2.66. The molecule has 0 aliphatic carbocycles. The van der Waals surface area contributed by atoms with Crippen LogP contribution in [0.3, 0.4) is 0 Å². The summed E-state index contributed by atoms with van der Waals surface area (Å²) < 4.78 is 0. The zero-order valence-electron chi connectivity index (χ0n) is 15.5. The maximum atomic E-state index is 12.3. The van der Waals surface area contributed by atoms with Crippen LogP contribution in [0.25, 0.3) is 0 Å². The highest BCUT2D eigenvalue weighted by Gasteiger charge is 2.21. The Labute approximate surface area is 154 Å². The summed E-state index contributed by atoms with van der Waals surface area (Å²) in [4.78, 5) is 23.8. The van der Waals surface area contributed by atoms with Crippen LogP contribution in [0, 0.1) is 13.8 Å². The Morgan fingerprint density at radius 1 is 1.08 bits per heavy atom. The quantitative estimate of drug-likeness (QED) is 0.680. The van der Waals surface area contributed by atoms with Crippen molar-refractivity contribution in [1.82, 2.24) is 5.32 Å².